The summed E-state index contributed by atoms with van der Waals surface area (Å²) in [6.07, 6.45) is 3.86. The van der Waals surface area contributed by atoms with Crippen LogP contribution in [-0.4, -0.2) is 12.1 Å². The highest BCUT2D eigenvalue weighted by atomic mass is 14.9. The number of rotatable bonds is 5. The maximum Gasteiger partial charge on any atom is 0.00743 e. The van der Waals surface area contributed by atoms with Crippen molar-refractivity contribution in [3.8, 4) is 0 Å². The van der Waals surface area contributed by atoms with Crippen LogP contribution in [0.2, 0.25) is 0 Å². The highest BCUT2D eigenvalue weighted by Crippen LogP contribution is 2.22. The van der Waals surface area contributed by atoms with E-state index < -0.39 is 0 Å². The maximum absolute atomic E-state index is 3.64. The predicted octanol–water partition coefficient (Wildman–Crippen LogP) is 3.59. The summed E-state index contributed by atoms with van der Waals surface area (Å²) in [4.78, 5) is 0. The minimum atomic E-state index is 0.446. The summed E-state index contributed by atoms with van der Waals surface area (Å²) >= 11 is 0. The van der Waals surface area contributed by atoms with Crippen molar-refractivity contribution in [2.75, 3.05) is 0 Å². The molecule has 0 aromatic heterocycles. The van der Waals surface area contributed by atoms with E-state index in [4.69, 9.17) is 0 Å². The zero-order chi connectivity index (χ0) is 10.5. The monoisotopic (exact) mass is 185 g/mol. The van der Waals surface area contributed by atoms with E-state index in [1.165, 1.54) is 19.3 Å². The second kappa shape index (κ2) is 5.64. The van der Waals surface area contributed by atoms with Gasteiger partial charge < -0.3 is 5.32 Å². The summed E-state index contributed by atoms with van der Waals surface area (Å²) in [7, 11) is 0. The van der Waals surface area contributed by atoms with Crippen molar-refractivity contribution in [3.63, 3.8) is 0 Å². The molecular formula is C12H27N. The van der Waals surface area contributed by atoms with Crippen LogP contribution in [0.1, 0.15) is 60.8 Å². The summed E-state index contributed by atoms with van der Waals surface area (Å²) in [6.45, 7) is 13.7. The van der Waals surface area contributed by atoms with E-state index in [-0.39, 0.29) is 0 Å². The maximum atomic E-state index is 3.64. The van der Waals surface area contributed by atoms with Crippen LogP contribution in [0.25, 0.3) is 0 Å². The first-order chi connectivity index (χ1) is 5.85. The molecule has 13 heavy (non-hydrogen) atoms. The molecule has 1 nitrogen and oxygen atoms in total. The average Bonchev–Trinajstić information content (AvgIpc) is 1.81. The normalized spacial score (nSPS) is 15.0. The largest absolute Gasteiger partial charge is 0.312 e. The summed E-state index contributed by atoms with van der Waals surface area (Å²) in [5.41, 5.74) is 0.446. The number of hydrogen-bond donors (Lipinski definition) is 1. The SMILES string of the molecule is CCCC(CC(C)(C)C)NC(C)C. The van der Waals surface area contributed by atoms with Crippen LogP contribution in [-0.2, 0) is 0 Å². The molecule has 0 fully saturated rings. The highest BCUT2D eigenvalue weighted by Gasteiger charge is 2.18. The molecule has 1 N–H and O–H groups in total. The molecule has 0 radical (unpaired) electrons. The van der Waals surface area contributed by atoms with Gasteiger partial charge in [0, 0.05) is 12.1 Å². The molecule has 0 saturated carbocycles. The lowest BCUT2D eigenvalue weighted by molar-refractivity contribution is 0.286. The molecule has 0 rings (SSSR count). The van der Waals surface area contributed by atoms with Gasteiger partial charge in [0.2, 0.25) is 0 Å². The van der Waals surface area contributed by atoms with Gasteiger partial charge in [0.25, 0.3) is 0 Å². The van der Waals surface area contributed by atoms with E-state index in [1.54, 1.807) is 0 Å². The summed E-state index contributed by atoms with van der Waals surface area (Å²) in [5, 5.41) is 3.64. The van der Waals surface area contributed by atoms with Crippen molar-refractivity contribution in [2.24, 2.45) is 5.41 Å². The fourth-order valence-corrected chi connectivity index (χ4v) is 1.80. The fraction of sp³-hybridized carbons (Fsp3) is 1.00. The molecule has 0 aromatic rings. The van der Waals surface area contributed by atoms with Crippen LogP contribution in [0, 0.1) is 5.41 Å². The van der Waals surface area contributed by atoms with Crippen LogP contribution >= 0.6 is 0 Å². The molecule has 0 aliphatic heterocycles. The molecular weight excluding hydrogens is 158 g/mol. The third-order valence-corrected chi connectivity index (χ3v) is 2.06. The quantitative estimate of drug-likeness (QED) is 0.690. The average molecular weight is 185 g/mol. The first-order valence-electron chi connectivity index (χ1n) is 5.61. The van der Waals surface area contributed by atoms with E-state index >= 15 is 0 Å². The zero-order valence-corrected chi connectivity index (χ0v) is 10.3. The number of nitrogens with one attached hydrogen (secondary N) is 1. The van der Waals surface area contributed by atoms with Gasteiger partial charge in [-0.25, -0.2) is 0 Å². The molecule has 0 amide bonds. The second-order valence-corrected chi connectivity index (χ2v) is 5.57. The van der Waals surface area contributed by atoms with Crippen LogP contribution in [0.4, 0.5) is 0 Å². The second-order valence-electron chi connectivity index (χ2n) is 5.57. The van der Waals surface area contributed by atoms with Crippen molar-refractivity contribution in [3.05, 3.63) is 0 Å². The topological polar surface area (TPSA) is 12.0 Å². The van der Waals surface area contributed by atoms with Crippen molar-refractivity contribution in [1.82, 2.24) is 5.32 Å². The van der Waals surface area contributed by atoms with Gasteiger partial charge in [-0.05, 0) is 18.3 Å². The molecule has 0 heterocycles. The van der Waals surface area contributed by atoms with Crippen molar-refractivity contribution in [2.45, 2.75) is 72.9 Å². The Kier molecular flexibility index (Phi) is 5.62. The highest BCUT2D eigenvalue weighted by molar-refractivity contribution is 4.75. The van der Waals surface area contributed by atoms with E-state index in [2.05, 4.69) is 46.9 Å². The van der Waals surface area contributed by atoms with Crippen LogP contribution in [0.15, 0.2) is 0 Å². The Labute approximate surface area is 84.3 Å². The molecule has 1 atom stereocenters. The molecule has 0 aliphatic rings. The Morgan fingerprint density at radius 3 is 2.00 bits per heavy atom. The van der Waals surface area contributed by atoms with E-state index in [0.29, 0.717) is 17.5 Å². The minimum Gasteiger partial charge on any atom is -0.312 e. The lowest BCUT2D eigenvalue weighted by Crippen LogP contribution is -2.37. The van der Waals surface area contributed by atoms with Gasteiger partial charge in [0.05, 0.1) is 0 Å². The summed E-state index contributed by atoms with van der Waals surface area (Å²) in [6, 6.07) is 1.31. The van der Waals surface area contributed by atoms with Gasteiger partial charge in [-0.2, -0.15) is 0 Å². The molecule has 80 valence electrons. The fourth-order valence-electron chi connectivity index (χ4n) is 1.80. The first kappa shape index (κ1) is 13.0. The van der Waals surface area contributed by atoms with Gasteiger partial charge in [-0.1, -0.05) is 48.0 Å². The standard InChI is InChI=1S/C12H27N/c1-7-8-11(13-10(2)3)9-12(4,5)6/h10-11,13H,7-9H2,1-6H3. The third kappa shape index (κ3) is 8.29. The Morgan fingerprint density at radius 1 is 1.15 bits per heavy atom. The van der Waals surface area contributed by atoms with E-state index in [1.807, 2.05) is 0 Å². The minimum absolute atomic E-state index is 0.446. The van der Waals surface area contributed by atoms with Crippen molar-refractivity contribution in [1.29, 1.82) is 0 Å². The van der Waals surface area contributed by atoms with Crippen LogP contribution < -0.4 is 5.32 Å². The van der Waals surface area contributed by atoms with Crippen LogP contribution in [0.3, 0.4) is 0 Å². The molecule has 0 spiro atoms. The van der Waals surface area contributed by atoms with Crippen LogP contribution in [0.5, 0.6) is 0 Å². The summed E-state index contributed by atoms with van der Waals surface area (Å²) in [5.74, 6) is 0. The molecule has 0 aliphatic carbocycles. The zero-order valence-electron chi connectivity index (χ0n) is 10.3. The number of hydrogen-bond acceptors (Lipinski definition) is 1. The molecule has 1 heteroatoms. The van der Waals surface area contributed by atoms with Gasteiger partial charge in [0.15, 0.2) is 0 Å². The van der Waals surface area contributed by atoms with E-state index in [9.17, 15) is 0 Å². The third-order valence-electron chi connectivity index (χ3n) is 2.06. The van der Waals surface area contributed by atoms with Gasteiger partial charge >= 0.3 is 0 Å². The van der Waals surface area contributed by atoms with Gasteiger partial charge in [-0.3, -0.25) is 0 Å². The van der Waals surface area contributed by atoms with E-state index in [0.717, 1.165) is 0 Å². The lowest BCUT2D eigenvalue weighted by atomic mass is 9.86. The Balaban J connectivity index is 3.94. The Morgan fingerprint density at radius 2 is 1.69 bits per heavy atom. The first-order valence-corrected chi connectivity index (χ1v) is 5.61. The van der Waals surface area contributed by atoms with Crippen molar-refractivity contribution >= 4 is 0 Å². The van der Waals surface area contributed by atoms with Gasteiger partial charge in [0.1, 0.15) is 0 Å². The summed E-state index contributed by atoms with van der Waals surface area (Å²) < 4.78 is 0. The predicted molar refractivity (Wildman–Crippen MR) is 61.0 cm³/mol. The molecule has 0 bridgehead atoms. The molecule has 0 saturated heterocycles. The Bertz CT molecular complexity index is 122. The Hall–Kier alpha value is -0.0400. The molecule has 0 aromatic carbocycles. The molecule has 1 unspecified atom stereocenters. The lowest BCUT2D eigenvalue weighted by Gasteiger charge is -2.28. The van der Waals surface area contributed by atoms with Gasteiger partial charge in [-0.15, -0.1) is 0 Å². The van der Waals surface area contributed by atoms with Crippen molar-refractivity contribution < 1.29 is 0 Å². The smallest absolute Gasteiger partial charge is 0.00743 e.